The molecule has 0 spiro atoms. The molecule has 0 bridgehead atoms. The van der Waals surface area contributed by atoms with E-state index in [-0.39, 0.29) is 18.0 Å². The summed E-state index contributed by atoms with van der Waals surface area (Å²) in [7, 11) is 0. The summed E-state index contributed by atoms with van der Waals surface area (Å²) < 4.78 is 0. The summed E-state index contributed by atoms with van der Waals surface area (Å²) in [6.45, 7) is 4.42. The lowest BCUT2D eigenvalue weighted by molar-refractivity contribution is 0.0891. The molecule has 0 aliphatic heterocycles. The fourth-order valence-corrected chi connectivity index (χ4v) is 5.57. The van der Waals surface area contributed by atoms with E-state index in [0.717, 1.165) is 34.1 Å². The number of rotatable bonds is 16. The van der Waals surface area contributed by atoms with E-state index in [9.17, 15) is 9.59 Å². The van der Waals surface area contributed by atoms with Gasteiger partial charge in [0.15, 0.2) is 11.6 Å². The molecule has 31 heavy (non-hydrogen) atoms. The van der Waals surface area contributed by atoms with Crippen molar-refractivity contribution < 1.29 is 9.59 Å². The van der Waals surface area contributed by atoms with Crippen LogP contribution in [-0.2, 0) is 0 Å². The van der Waals surface area contributed by atoms with Crippen LogP contribution in [-0.4, -0.2) is 23.1 Å². The second-order valence-corrected chi connectivity index (χ2v) is 10.1. The molecule has 168 valence electrons. The van der Waals surface area contributed by atoms with Gasteiger partial charge in [0.1, 0.15) is 0 Å². The van der Waals surface area contributed by atoms with E-state index >= 15 is 0 Å². The molecule has 2 rings (SSSR count). The molecule has 4 heteroatoms. The standard InChI is InChI=1S/C27H36O2S2/c1-3-5-7-13-19-30-26-17-11-9-15-22(26)24(28)21-25(29)23-16-10-12-18-27(23)31-20-14-8-6-4-2/h9-12,15-18H,3-8,13-14,19-21H2,1-2H3. The number of Topliss-reactive ketones (excluding diaryl/α,β-unsaturated/α-hetero) is 2. The van der Waals surface area contributed by atoms with Crippen LogP contribution in [0.25, 0.3) is 0 Å². The van der Waals surface area contributed by atoms with E-state index in [1.165, 1.54) is 38.5 Å². The fraction of sp³-hybridized carbons (Fsp3) is 0.481. The lowest BCUT2D eigenvalue weighted by atomic mass is 10.0. The Hall–Kier alpha value is -1.52. The van der Waals surface area contributed by atoms with Crippen LogP contribution in [0.1, 0.15) is 92.4 Å². The number of benzene rings is 2. The van der Waals surface area contributed by atoms with Gasteiger partial charge in [0.05, 0.1) is 6.42 Å². The number of thioether (sulfide) groups is 2. The molecule has 2 aromatic rings. The first-order valence-electron chi connectivity index (χ1n) is 11.7. The van der Waals surface area contributed by atoms with Gasteiger partial charge in [-0.15, -0.1) is 23.5 Å². The Balaban J connectivity index is 1.98. The Labute approximate surface area is 197 Å². The number of carbonyl (C=O) groups is 2. The largest absolute Gasteiger partial charge is 0.294 e. The normalized spacial score (nSPS) is 10.9. The topological polar surface area (TPSA) is 34.1 Å². The third-order valence-electron chi connectivity index (χ3n) is 5.21. The fourth-order valence-electron chi connectivity index (χ4n) is 3.40. The molecular weight excluding hydrogens is 420 g/mol. The maximum Gasteiger partial charge on any atom is 0.171 e. The average Bonchev–Trinajstić information content (AvgIpc) is 2.79. The zero-order valence-electron chi connectivity index (χ0n) is 19.0. The van der Waals surface area contributed by atoms with Gasteiger partial charge < -0.3 is 0 Å². The van der Waals surface area contributed by atoms with Gasteiger partial charge in [0.2, 0.25) is 0 Å². The van der Waals surface area contributed by atoms with E-state index in [1.54, 1.807) is 23.5 Å². The van der Waals surface area contributed by atoms with E-state index in [4.69, 9.17) is 0 Å². The van der Waals surface area contributed by atoms with Crippen LogP contribution in [0.15, 0.2) is 58.3 Å². The van der Waals surface area contributed by atoms with E-state index in [2.05, 4.69) is 13.8 Å². The molecule has 0 heterocycles. The highest BCUT2D eigenvalue weighted by atomic mass is 32.2. The first kappa shape index (κ1) is 25.7. The lowest BCUT2D eigenvalue weighted by Gasteiger charge is -2.10. The highest BCUT2D eigenvalue weighted by molar-refractivity contribution is 7.99. The maximum atomic E-state index is 13.0. The molecule has 0 saturated heterocycles. The second kappa shape index (κ2) is 15.3. The molecule has 0 aromatic heterocycles. The van der Waals surface area contributed by atoms with Crippen LogP contribution in [0.4, 0.5) is 0 Å². The summed E-state index contributed by atoms with van der Waals surface area (Å²) in [6.07, 6.45) is 9.65. The highest BCUT2D eigenvalue weighted by Gasteiger charge is 2.18. The van der Waals surface area contributed by atoms with Crippen LogP contribution in [0.2, 0.25) is 0 Å². The number of carbonyl (C=O) groups excluding carboxylic acids is 2. The quantitative estimate of drug-likeness (QED) is 0.110. The van der Waals surface area contributed by atoms with Crippen molar-refractivity contribution in [3.05, 3.63) is 59.7 Å². The van der Waals surface area contributed by atoms with Crippen molar-refractivity contribution in [3.8, 4) is 0 Å². The summed E-state index contributed by atoms with van der Waals surface area (Å²) in [6, 6.07) is 15.4. The van der Waals surface area contributed by atoms with Gasteiger partial charge in [-0.05, 0) is 36.5 Å². The Kier molecular flexibility index (Phi) is 12.7. The SMILES string of the molecule is CCCCCCSc1ccccc1C(=O)CC(=O)c1ccccc1SCCCCCC. The predicted molar refractivity (Wildman–Crippen MR) is 136 cm³/mol. The van der Waals surface area contributed by atoms with Crippen LogP contribution in [0.5, 0.6) is 0 Å². The molecule has 0 radical (unpaired) electrons. The van der Waals surface area contributed by atoms with Crippen LogP contribution in [0.3, 0.4) is 0 Å². The smallest absolute Gasteiger partial charge is 0.171 e. The minimum atomic E-state index is -0.0793. The summed E-state index contributed by atoms with van der Waals surface area (Å²) in [5, 5.41) is 0. The third kappa shape index (κ3) is 9.24. The van der Waals surface area contributed by atoms with Crippen LogP contribution >= 0.6 is 23.5 Å². The zero-order valence-corrected chi connectivity index (χ0v) is 20.7. The van der Waals surface area contributed by atoms with Crippen LogP contribution in [0, 0.1) is 0 Å². The molecule has 0 aliphatic rings. The number of ketones is 2. The van der Waals surface area contributed by atoms with Crippen molar-refractivity contribution in [2.24, 2.45) is 0 Å². The molecule has 0 atom stereocenters. The molecule has 0 N–H and O–H groups in total. The first-order valence-corrected chi connectivity index (χ1v) is 13.6. The molecule has 0 fully saturated rings. The van der Waals surface area contributed by atoms with E-state index in [0.29, 0.717) is 11.1 Å². The minimum Gasteiger partial charge on any atom is -0.294 e. The summed E-state index contributed by atoms with van der Waals surface area (Å²) >= 11 is 3.47. The van der Waals surface area contributed by atoms with Crippen molar-refractivity contribution in [1.82, 2.24) is 0 Å². The van der Waals surface area contributed by atoms with Crippen molar-refractivity contribution in [2.45, 2.75) is 81.4 Å². The van der Waals surface area contributed by atoms with Gasteiger partial charge in [-0.2, -0.15) is 0 Å². The summed E-state index contributed by atoms with van der Waals surface area (Å²) in [5.41, 5.74) is 1.36. The third-order valence-corrected chi connectivity index (χ3v) is 7.53. The number of hydrogen-bond acceptors (Lipinski definition) is 4. The van der Waals surface area contributed by atoms with Gasteiger partial charge in [-0.1, -0.05) is 88.8 Å². The Bertz CT molecular complexity index is 749. The zero-order chi connectivity index (χ0) is 22.3. The van der Waals surface area contributed by atoms with Crippen molar-refractivity contribution in [1.29, 1.82) is 0 Å². The van der Waals surface area contributed by atoms with E-state index in [1.807, 2.05) is 48.5 Å². The van der Waals surface area contributed by atoms with Crippen LogP contribution < -0.4 is 0 Å². The van der Waals surface area contributed by atoms with E-state index < -0.39 is 0 Å². The first-order chi connectivity index (χ1) is 15.2. The lowest BCUT2D eigenvalue weighted by Crippen LogP contribution is -2.10. The molecule has 0 amide bonds. The summed E-state index contributed by atoms with van der Waals surface area (Å²) in [4.78, 5) is 28.0. The minimum absolute atomic E-state index is 0.0686. The molecule has 0 aliphatic carbocycles. The van der Waals surface area contributed by atoms with Gasteiger partial charge in [-0.3, -0.25) is 9.59 Å². The van der Waals surface area contributed by atoms with Gasteiger partial charge in [-0.25, -0.2) is 0 Å². The summed E-state index contributed by atoms with van der Waals surface area (Å²) in [5.74, 6) is 1.86. The number of hydrogen-bond donors (Lipinski definition) is 0. The molecule has 2 aromatic carbocycles. The van der Waals surface area contributed by atoms with Gasteiger partial charge >= 0.3 is 0 Å². The second-order valence-electron chi connectivity index (χ2n) is 7.83. The Morgan fingerprint density at radius 1 is 0.613 bits per heavy atom. The predicted octanol–water partition coefficient (Wildman–Crippen LogP) is 8.49. The average molecular weight is 457 g/mol. The van der Waals surface area contributed by atoms with Gasteiger partial charge in [0, 0.05) is 20.9 Å². The monoisotopic (exact) mass is 456 g/mol. The highest BCUT2D eigenvalue weighted by Crippen LogP contribution is 2.28. The van der Waals surface area contributed by atoms with Crippen molar-refractivity contribution in [3.63, 3.8) is 0 Å². The molecule has 0 unspecified atom stereocenters. The molecule has 2 nitrogen and oxygen atoms in total. The number of unbranched alkanes of at least 4 members (excludes halogenated alkanes) is 6. The van der Waals surface area contributed by atoms with Crippen molar-refractivity contribution >= 4 is 35.1 Å². The molecule has 0 saturated carbocycles. The Morgan fingerprint density at radius 3 is 1.45 bits per heavy atom. The van der Waals surface area contributed by atoms with Gasteiger partial charge in [0.25, 0.3) is 0 Å². The maximum absolute atomic E-state index is 13.0. The Morgan fingerprint density at radius 2 is 1.03 bits per heavy atom. The van der Waals surface area contributed by atoms with Crippen molar-refractivity contribution in [2.75, 3.05) is 11.5 Å². The molecular formula is C27H36O2S2.